The Kier molecular flexibility index (Phi) is 6.41. The molecule has 0 unspecified atom stereocenters. The van der Waals surface area contributed by atoms with Crippen LogP contribution in [0.15, 0.2) is 55.0 Å². The second-order valence-corrected chi connectivity index (χ2v) is 7.39. The van der Waals surface area contributed by atoms with Crippen molar-refractivity contribution >= 4 is 40.0 Å². The van der Waals surface area contributed by atoms with Gasteiger partial charge in [-0.05, 0) is 29.8 Å². The van der Waals surface area contributed by atoms with Crippen LogP contribution < -0.4 is 10.6 Å². The Labute approximate surface area is 191 Å². The van der Waals surface area contributed by atoms with Crippen LogP contribution in [-0.4, -0.2) is 37.1 Å². The van der Waals surface area contributed by atoms with Crippen molar-refractivity contribution in [2.75, 3.05) is 11.9 Å². The predicted octanol–water partition coefficient (Wildman–Crippen LogP) is 3.57. The molecule has 0 spiro atoms. The summed E-state index contributed by atoms with van der Waals surface area (Å²) in [6.45, 7) is 0.981. The second-order valence-electron chi connectivity index (χ2n) is 6.99. The summed E-state index contributed by atoms with van der Waals surface area (Å²) in [7, 11) is 0. The molecule has 0 aliphatic rings. The number of nitro groups is 1. The number of hydrogen-bond acceptors (Lipinski definition) is 7. The summed E-state index contributed by atoms with van der Waals surface area (Å²) in [5.74, 6) is -0.193. The van der Waals surface area contributed by atoms with Gasteiger partial charge in [0.1, 0.15) is 23.0 Å². The smallest absolute Gasteiger partial charge is 0.288 e. The van der Waals surface area contributed by atoms with Gasteiger partial charge < -0.3 is 10.6 Å². The lowest BCUT2D eigenvalue weighted by Crippen LogP contribution is -2.27. The Bertz CT molecular complexity index is 1330. The molecule has 1 amide bonds. The van der Waals surface area contributed by atoms with Crippen molar-refractivity contribution in [3.05, 3.63) is 87.1 Å². The number of aromatic nitrogens is 4. The van der Waals surface area contributed by atoms with Crippen LogP contribution in [0.4, 0.5) is 15.9 Å². The van der Waals surface area contributed by atoms with Crippen molar-refractivity contribution < 1.29 is 14.1 Å². The van der Waals surface area contributed by atoms with Gasteiger partial charge in [-0.2, -0.15) is 5.10 Å². The van der Waals surface area contributed by atoms with E-state index in [4.69, 9.17) is 11.6 Å². The number of hydrogen-bond donors (Lipinski definition) is 2. The van der Waals surface area contributed by atoms with Crippen LogP contribution in [0.2, 0.25) is 5.02 Å². The van der Waals surface area contributed by atoms with Crippen molar-refractivity contribution in [2.24, 2.45) is 0 Å². The molecule has 168 valence electrons. The molecule has 0 saturated carbocycles. The van der Waals surface area contributed by atoms with Crippen molar-refractivity contribution in [2.45, 2.75) is 13.1 Å². The number of anilines is 1. The van der Waals surface area contributed by atoms with Crippen molar-refractivity contribution in [1.82, 2.24) is 25.1 Å². The van der Waals surface area contributed by atoms with Crippen LogP contribution in [0.25, 0.3) is 11.0 Å². The maximum Gasteiger partial charge on any atom is 0.288 e. The Balaban J connectivity index is 1.40. The molecular formula is C21H17ClFN7O3. The number of halogens is 2. The first-order chi connectivity index (χ1) is 15.9. The highest BCUT2D eigenvalue weighted by Crippen LogP contribution is 2.25. The molecule has 0 saturated heterocycles. The molecule has 12 heteroatoms. The van der Waals surface area contributed by atoms with E-state index in [1.165, 1.54) is 30.6 Å². The molecule has 0 radical (unpaired) electrons. The number of nitrogens with one attached hydrogen (secondary N) is 2. The van der Waals surface area contributed by atoms with E-state index in [1.54, 1.807) is 23.0 Å². The van der Waals surface area contributed by atoms with Crippen LogP contribution >= 0.6 is 11.6 Å². The third-order valence-electron chi connectivity index (χ3n) is 4.82. The van der Waals surface area contributed by atoms with Crippen molar-refractivity contribution in [1.29, 1.82) is 0 Å². The standard InChI is InChI=1S/C21H17ClFN7O3/c22-17-6-3-14(9-18(17)30(32)33)21(31)24-7-8-29-20-16(11-28-29)19(26-12-27-20)25-10-13-1-4-15(23)5-2-13/h1-6,9,11-12H,7-8,10H2,(H,24,31)(H,25,26,27). The largest absolute Gasteiger partial charge is 0.365 e. The first kappa shape index (κ1) is 22.1. The van der Waals surface area contributed by atoms with Gasteiger partial charge in [0, 0.05) is 24.7 Å². The molecule has 0 bridgehead atoms. The van der Waals surface area contributed by atoms with Crippen molar-refractivity contribution in [3.8, 4) is 0 Å². The molecule has 0 fully saturated rings. The van der Waals surface area contributed by atoms with E-state index in [2.05, 4.69) is 25.7 Å². The third kappa shape index (κ3) is 5.04. The number of nitro benzene ring substituents is 1. The van der Waals surface area contributed by atoms with Gasteiger partial charge in [-0.25, -0.2) is 19.0 Å². The zero-order valence-corrected chi connectivity index (χ0v) is 17.8. The van der Waals surface area contributed by atoms with E-state index in [9.17, 15) is 19.3 Å². The number of nitrogens with zero attached hydrogens (tertiary/aromatic N) is 5. The summed E-state index contributed by atoms with van der Waals surface area (Å²) in [6.07, 6.45) is 3.02. The maximum atomic E-state index is 13.1. The van der Waals surface area contributed by atoms with Gasteiger partial charge in [0.05, 0.1) is 23.1 Å². The fraction of sp³-hybridized carbons (Fsp3) is 0.143. The zero-order valence-electron chi connectivity index (χ0n) is 17.0. The summed E-state index contributed by atoms with van der Waals surface area (Å²) in [5.41, 5.74) is 1.26. The third-order valence-corrected chi connectivity index (χ3v) is 5.14. The number of rotatable bonds is 8. The van der Waals surface area contributed by atoms with Gasteiger partial charge in [0.2, 0.25) is 0 Å². The SMILES string of the molecule is O=C(NCCn1ncc2c(NCc3ccc(F)cc3)ncnc21)c1ccc(Cl)c([N+](=O)[O-])c1. The molecule has 4 aromatic rings. The van der Waals surface area contributed by atoms with Gasteiger partial charge in [-0.15, -0.1) is 0 Å². The van der Waals surface area contributed by atoms with Crippen LogP contribution in [-0.2, 0) is 13.1 Å². The number of carbonyl (C=O) groups excluding carboxylic acids is 1. The minimum atomic E-state index is -0.642. The molecule has 0 aliphatic heterocycles. The van der Waals surface area contributed by atoms with Gasteiger partial charge >= 0.3 is 0 Å². The van der Waals surface area contributed by atoms with Crippen LogP contribution in [0, 0.1) is 15.9 Å². The molecule has 2 N–H and O–H groups in total. The summed E-state index contributed by atoms with van der Waals surface area (Å²) in [4.78, 5) is 31.2. The molecule has 2 heterocycles. The molecule has 33 heavy (non-hydrogen) atoms. The Morgan fingerprint density at radius 2 is 1.97 bits per heavy atom. The Morgan fingerprint density at radius 1 is 1.18 bits per heavy atom. The molecule has 2 aromatic heterocycles. The van der Waals surface area contributed by atoms with E-state index in [-0.39, 0.29) is 28.6 Å². The Hall–Kier alpha value is -4.12. The van der Waals surface area contributed by atoms with Crippen LogP contribution in [0.3, 0.4) is 0 Å². The first-order valence-electron chi connectivity index (χ1n) is 9.79. The molecule has 2 aromatic carbocycles. The minimum absolute atomic E-state index is 0.0388. The second kappa shape index (κ2) is 9.57. The van der Waals surface area contributed by atoms with E-state index in [0.717, 1.165) is 11.6 Å². The first-order valence-corrected chi connectivity index (χ1v) is 10.2. The maximum absolute atomic E-state index is 13.1. The number of benzene rings is 2. The summed E-state index contributed by atoms with van der Waals surface area (Å²) in [5, 5.41) is 21.9. The quantitative estimate of drug-likeness (QED) is 0.298. The monoisotopic (exact) mass is 469 g/mol. The average molecular weight is 470 g/mol. The normalized spacial score (nSPS) is 10.8. The van der Waals surface area contributed by atoms with Gasteiger partial charge in [0.15, 0.2) is 5.65 Å². The molecule has 0 aliphatic carbocycles. The minimum Gasteiger partial charge on any atom is -0.365 e. The summed E-state index contributed by atoms with van der Waals surface area (Å²) >= 11 is 5.78. The average Bonchev–Trinajstić information content (AvgIpc) is 3.22. The lowest BCUT2D eigenvalue weighted by Gasteiger charge is -2.08. The molecule has 10 nitrogen and oxygen atoms in total. The van der Waals surface area contributed by atoms with E-state index < -0.39 is 10.8 Å². The summed E-state index contributed by atoms with van der Waals surface area (Å²) < 4.78 is 14.7. The molecule has 0 atom stereocenters. The number of amides is 1. The predicted molar refractivity (Wildman–Crippen MR) is 119 cm³/mol. The lowest BCUT2D eigenvalue weighted by atomic mass is 10.2. The number of carbonyl (C=O) groups is 1. The Morgan fingerprint density at radius 3 is 2.73 bits per heavy atom. The zero-order chi connectivity index (χ0) is 23.4. The van der Waals surface area contributed by atoms with Gasteiger partial charge in [0.25, 0.3) is 11.6 Å². The topological polar surface area (TPSA) is 128 Å². The van der Waals surface area contributed by atoms with Gasteiger partial charge in [-0.1, -0.05) is 23.7 Å². The fourth-order valence-electron chi connectivity index (χ4n) is 3.16. The highest BCUT2D eigenvalue weighted by molar-refractivity contribution is 6.32. The fourth-order valence-corrected chi connectivity index (χ4v) is 3.34. The van der Waals surface area contributed by atoms with Crippen LogP contribution in [0.1, 0.15) is 15.9 Å². The van der Waals surface area contributed by atoms with Crippen LogP contribution in [0.5, 0.6) is 0 Å². The van der Waals surface area contributed by atoms with E-state index in [0.29, 0.717) is 29.9 Å². The molecule has 4 rings (SSSR count). The number of fused-ring (bicyclic) bond motifs is 1. The van der Waals surface area contributed by atoms with E-state index >= 15 is 0 Å². The van der Waals surface area contributed by atoms with E-state index in [1.807, 2.05) is 0 Å². The van der Waals surface area contributed by atoms with Gasteiger partial charge in [-0.3, -0.25) is 14.9 Å². The van der Waals surface area contributed by atoms with Crippen molar-refractivity contribution in [3.63, 3.8) is 0 Å². The highest BCUT2D eigenvalue weighted by atomic mass is 35.5. The summed E-state index contributed by atoms with van der Waals surface area (Å²) in [6, 6.07) is 10.0. The lowest BCUT2D eigenvalue weighted by molar-refractivity contribution is -0.384. The highest BCUT2D eigenvalue weighted by Gasteiger charge is 2.16. The molecular weight excluding hydrogens is 453 g/mol.